The monoisotopic (exact) mass is 345 g/mol. The van der Waals surface area contributed by atoms with E-state index in [9.17, 15) is 9.18 Å². The molecule has 2 fully saturated rings. The molecule has 0 unspecified atom stereocenters. The third kappa shape index (κ3) is 3.17. The quantitative estimate of drug-likeness (QED) is 0.925. The molecular weight excluding hydrogens is 325 g/mol. The van der Waals surface area contributed by atoms with Crippen LogP contribution in [0.2, 0.25) is 0 Å². The summed E-state index contributed by atoms with van der Waals surface area (Å²) in [7, 11) is 0. The van der Waals surface area contributed by atoms with E-state index in [1.807, 2.05) is 0 Å². The Morgan fingerprint density at radius 3 is 2.72 bits per heavy atom. The van der Waals surface area contributed by atoms with E-state index in [2.05, 4.69) is 10.3 Å². The van der Waals surface area contributed by atoms with Gasteiger partial charge in [0.2, 0.25) is 5.76 Å². The second kappa shape index (κ2) is 6.57. The van der Waals surface area contributed by atoms with Crippen molar-refractivity contribution in [2.24, 2.45) is 0 Å². The minimum absolute atomic E-state index is 0.124. The maximum atomic E-state index is 13.3. The standard InChI is InChI=1S/C18H20FN3O3/c19-13-1-3-14(4-2-13)22(17(23)16-10-21-12-24-16)15-9-18(25-11-15)5-7-20-8-6-18/h1-4,10,12,15,20H,5-9,11H2/t15-/m0/s1. The summed E-state index contributed by atoms with van der Waals surface area (Å²) in [6.45, 7) is 2.29. The van der Waals surface area contributed by atoms with Crippen molar-refractivity contribution in [1.29, 1.82) is 0 Å². The van der Waals surface area contributed by atoms with Gasteiger partial charge in [-0.15, -0.1) is 0 Å². The van der Waals surface area contributed by atoms with Gasteiger partial charge in [-0.05, 0) is 56.6 Å². The van der Waals surface area contributed by atoms with E-state index in [1.54, 1.807) is 17.0 Å². The molecule has 1 amide bonds. The number of piperidine rings is 1. The summed E-state index contributed by atoms with van der Waals surface area (Å²) in [6.07, 6.45) is 5.24. The molecule has 7 heteroatoms. The average molecular weight is 345 g/mol. The SMILES string of the molecule is O=C(c1cnco1)N(c1ccc(F)cc1)[C@@H]1COC2(CCNCC2)C1. The highest BCUT2D eigenvalue weighted by molar-refractivity contribution is 6.04. The largest absolute Gasteiger partial charge is 0.438 e. The van der Waals surface area contributed by atoms with Crippen molar-refractivity contribution in [3.8, 4) is 0 Å². The van der Waals surface area contributed by atoms with Crippen LogP contribution in [0.4, 0.5) is 10.1 Å². The number of oxazole rings is 1. The summed E-state index contributed by atoms with van der Waals surface area (Å²) in [6, 6.07) is 5.80. The summed E-state index contributed by atoms with van der Waals surface area (Å²) < 4.78 is 24.6. The van der Waals surface area contributed by atoms with Gasteiger partial charge in [0.1, 0.15) is 5.82 Å². The van der Waals surface area contributed by atoms with Crippen molar-refractivity contribution in [2.75, 3.05) is 24.6 Å². The highest BCUT2D eigenvalue weighted by Crippen LogP contribution is 2.38. The van der Waals surface area contributed by atoms with Crippen LogP contribution >= 0.6 is 0 Å². The predicted octanol–water partition coefficient (Wildman–Crippen LogP) is 2.37. The molecule has 1 aromatic carbocycles. The fourth-order valence-corrected chi connectivity index (χ4v) is 3.75. The molecule has 6 nitrogen and oxygen atoms in total. The summed E-state index contributed by atoms with van der Waals surface area (Å²) in [4.78, 5) is 18.5. The number of hydrogen-bond donors (Lipinski definition) is 1. The Hall–Kier alpha value is -2.25. The van der Waals surface area contributed by atoms with Gasteiger partial charge in [-0.3, -0.25) is 4.79 Å². The van der Waals surface area contributed by atoms with Crippen LogP contribution in [-0.4, -0.2) is 42.2 Å². The number of nitrogens with one attached hydrogen (secondary N) is 1. The average Bonchev–Trinajstić information content (AvgIpc) is 3.29. The van der Waals surface area contributed by atoms with Gasteiger partial charge in [-0.1, -0.05) is 0 Å². The van der Waals surface area contributed by atoms with E-state index >= 15 is 0 Å². The fourth-order valence-electron chi connectivity index (χ4n) is 3.75. The number of aromatic nitrogens is 1. The molecule has 1 atom stereocenters. The van der Waals surface area contributed by atoms with E-state index in [4.69, 9.17) is 9.15 Å². The third-order valence-corrected chi connectivity index (χ3v) is 5.04. The Morgan fingerprint density at radius 1 is 1.28 bits per heavy atom. The molecule has 3 heterocycles. The number of hydrogen-bond acceptors (Lipinski definition) is 5. The number of halogens is 1. The highest BCUT2D eigenvalue weighted by Gasteiger charge is 2.45. The molecule has 1 N–H and O–H groups in total. The van der Waals surface area contributed by atoms with Crippen molar-refractivity contribution < 1.29 is 18.3 Å². The van der Waals surface area contributed by atoms with Gasteiger partial charge in [0.15, 0.2) is 6.39 Å². The van der Waals surface area contributed by atoms with Crippen molar-refractivity contribution in [2.45, 2.75) is 30.9 Å². The molecule has 0 saturated carbocycles. The lowest BCUT2D eigenvalue weighted by Gasteiger charge is -2.34. The maximum absolute atomic E-state index is 13.3. The molecule has 2 aromatic rings. The minimum atomic E-state index is -0.340. The maximum Gasteiger partial charge on any atom is 0.296 e. The van der Waals surface area contributed by atoms with Crippen LogP contribution in [0.25, 0.3) is 0 Å². The summed E-state index contributed by atoms with van der Waals surface area (Å²) in [5.41, 5.74) is 0.443. The van der Waals surface area contributed by atoms with E-state index in [-0.39, 0.29) is 29.1 Å². The second-order valence-corrected chi connectivity index (χ2v) is 6.62. The number of nitrogens with zero attached hydrogens (tertiary/aromatic N) is 2. The Bertz CT molecular complexity index is 727. The number of ether oxygens (including phenoxy) is 1. The molecule has 0 aliphatic carbocycles. The molecule has 25 heavy (non-hydrogen) atoms. The highest BCUT2D eigenvalue weighted by atomic mass is 19.1. The summed E-state index contributed by atoms with van der Waals surface area (Å²) in [5, 5.41) is 3.34. The molecule has 2 saturated heterocycles. The second-order valence-electron chi connectivity index (χ2n) is 6.62. The van der Waals surface area contributed by atoms with Crippen LogP contribution in [0, 0.1) is 5.82 Å². The van der Waals surface area contributed by atoms with Crippen molar-refractivity contribution in [3.05, 3.63) is 48.4 Å². The number of amides is 1. The van der Waals surface area contributed by atoms with Crippen LogP contribution < -0.4 is 10.2 Å². The van der Waals surface area contributed by atoms with E-state index < -0.39 is 0 Å². The Balaban J connectivity index is 1.63. The number of benzene rings is 1. The number of carbonyl (C=O) groups excluding carboxylic acids is 1. The lowest BCUT2D eigenvalue weighted by molar-refractivity contribution is -0.0193. The Kier molecular flexibility index (Phi) is 4.27. The van der Waals surface area contributed by atoms with Gasteiger partial charge in [-0.2, -0.15) is 0 Å². The van der Waals surface area contributed by atoms with Gasteiger partial charge in [0.05, 0.1) is 24.4 Å². The zero-order valence-electron chi connectivity index (χ0n) is 13.8. The lowest BCUT2D eigenvalue weighted by atomic mass is 9.88. The molecule has 0 radical (unpaired) electrons. The fraction of sp³-hybridized carbons (Fsp3) is 0.444. The van der Waals surface area contributed by atoms with Crippen LogP contribution in [0.1, 0.15) is 29.8 Å². The minimum Gasteiger partial charge on any atom is -0.438 e. The molecule has 1 spiro atoms. The Labute approximate surface area is 145 Å². The van der Waals surface area contributed by atoms with Gasteiger partial charge in [0, 0.05) is 5.69 Å². The topological polar surface area (TPSA) is 67.6 Å². The van der Waals surface area contributed by atoms with Gasteiger partial charge in [-0.25, -0.2) is 9.37 Å². The first-order valence-corrected chi connectivity index (χ1v) is 8.49. The zero-order chi connectivity index (χ0) is 17.3. The van der Waals surface area contributed by atoms with E-state index in [0.29, 0.717) is 12.3 Å². The first kappa shape index (κ1) is 16.2. The molecule has 4 rings (SSSR count). The molecule has 0 bridgehead atoms. The predicted molar refractivity (Wildman–Crippen MR) is 88.9 cm³/mol. The zero-order valence-corrected chi connectivity index (χ0v) is 13.8. The van der Waals surface area contributed by atoms with Crippen LogP contribution in [0.3, 0.4) is 0 Å². The van der Waals surface area contributed by atoms with Crippen molar-refractivity contribution in [3.63, 3.8) is 0 Å². The van der Waals surface area contributed by atoms with E-state index in [0.717, 1.165) is 32.4 Å². The lowest BCUT2D eigenvalue weighted by Crippen LogP contribution is -2.44. The van der Waals surface area contributed by atoms with Gasteiger partial charge < -0.3 is 19.4 Å². The van der Waals surface area contributed by atoms with Gasteiger partial charge >= 0.3 is 0 Å². The first-order valence-electron chi connectivity index (χ1n) is 8.49. The van der Waals surface area contributed by atoms with Crippen LogP contribution in [-0.2, 0) is 4.74 Å². The van der Waals surface area contributed by atoms with E-state index in [1.165, 1.54) is 24.7 Å². The van der Waals surface area contributed by atoms with Crippen LogP contribution in [0.5, 0.6) is 0 Å². The van der Waals surface area contributed by atoms with Crippen LogP contribution in [0.15, 0.2) is 41.3 Å². The number of anilines is 1. The van der Waals surface area contributed by atoms with Crippen molar-refractivity contribution in [1.82, 2.24) is 10.3 Å². The molecule has 2 aliphatic heterocycles. The number of rotatable bonds is 3. The summed E-state index contributed by atoms with van der Waals surface area (Å²) in [5.74, 6) is -0.465. The smallest absolute Gasteiger partial charge is 0.296 e. The third-order valence-electron chi connectivity index (χ3n) is 5.04. The normalized spacial score (nSPS) is 22.2. The molecule has 2 aliphatic rings. The first-order chi connectivity index (χ1) is 12.2. The van der Waals surface area contributed by atoms with Gasteiger partial charge in [0.25, 0.3) is 5.91 Å². The molecular formula is C18H20FN3O3. The molecule has 1 aromatic heterocycles. The Morgan fingerprint density at radius 2 is 2.04 bits per heavy atom. The number of carbonyl (C=O) groups is 1. The molecule has 132 valence electrons. The van der Waals surface area contributed by atoms with Crippen molar-refractivity contribution >= 4 is 11.6 Å². The summed E-state index contributed by atoms with van der Waals surface area (Å²) >= 11 is 0.